The third kappa shape index (κ3) is 4.33. The Morgan fingerprint density at radius 3 is 2.51 bits per heavy atom. The zero-order valence-electron chi connectivity index (χ0n) is 19.4. The number of rotatable bonds is 5. The Labute approximate surface area is 199 Å². The SMILES string of the molecule is Cc1cc(CN2CCc3c(cc(Cn4ccnc4C)cc3-c3cn(C)nc3C(F)(F)F)C2=O)on1. The fourth-order valence-electron chi connectivity index (χ4n) is 4.53. The summed E-state index contributed by atoms with van der Waals surface area (Å²) < 4.78 is 49.8. The fraction of sp³-hybridized carbons (Fsp3) is 0.333. The van der Waals surface area contributed by atoms with Gasteiger partial charge in [0.2, 0.25) is 0 Å². The van der Waals surface area contributed by atoms with E-state index in [9.17, 15) is 18.0 Å². The van der Waals surface area contributed by atoms with Crippen molar-refractivity contribution in [1.82, 2.24) is 29.4 Å². The van der Waals surface area contributed by atoms with Gasteiger partial charge in [0.05, 0.1) is 12.2 Å². The van der Waals surface area contributed by atoms with Crippen molar-refractivity contribution >= 4 is 5.91 Å². The standard InChI is InChI=1S/C24H23F3N6O2/c1-14-8-17(35-30-14)12-33-6-4-18-19(21-13-31(3)29-22(21)24(25,26)27)9-16(10-20(18)23(33)34)11-32-7-5-28-15(32)2/h5,7-10,13H,4,6,11-12H2,1-3H3. The number of carbonyl (C=O) groups is 1. The molecule has 0 fully saturated rings. The van der Waals surface area contributed by atoms with Crippen molar-refractivity contribution in [1.29, 1.82) is 0 Å². The maximum absolute atomic E-state index is 13.8. The number of carbonyl (C=O) groups excluding carboxylic acids is 1. The van der Waals surface area contributed by atoms with Crippen LogP contribution in [-0.2, 0) is 32.7 Å². The fourth-order valence-corrected chi connectivity index (χ4v) is 4.53. The molecule has 1 aliphatic rings. The Bertz CT molecular complexity index is 1410. The molecule has 0 N–H and O–H groups in total. The van der Waals surface area contributed by atoms with Gasteiger partial charge in [-0.1, -0.05) is 5.16 Å². The highest BCUT2D eigenvalue weighted by atomic mass is 19.4. The van der Waals surface area contributed by atoms with Crippen LogP contribution in [0.1, 0.15) is 44.5 Å². The van der Waals surface area contributed by atoms with Crippen molar-refractivity contribution in [3.05, 3.63) is 76.5 Å². The Hall–Kier alpha value is -3.89. The summed E-state index contributed by atoms with van der Waals surface area (Å²) in [7, 11) is 1.45. The van der Waals surface area contributed by atoms with Gasteiger partial charge < -0.3 is 14.0 Å². The highest BCUT2D eigenvalue weighted by molar-refractivity contribution is 5.99. The molecule has 0 atom stereocenters. The third-order valence-electron chi connectivity index (χ3n) is 6.15. The average molecular weight is 484 g/mol. The molecular weight excluding hydrogens is 461 g/mol. The van der Waals surface area contributed by atoms with Gasteiger partial charge in [-0.25, -0.2) is 4.98 Å². The first-order valence-corrected chi connectivity index (χ1v) is 11.1. The molecule has 0 saturated heterocycles. The molecule has 0 spiro atoms. The predicted molar refractivity (Wildman–Crippen MR) is 119 cm³/mol. The van der Waals surface area contributed by atoms with E-state index in [1.807, 2.05) is 11.5 Å². The maximum atomic E-state index is 13.8. The molecule has 5 rings (SSSR count). The summed E-state index contributed by atoms with van der Waals surface area (Å²) in [6.45, 7) is 4.58. The Morgan fingerprint density at radius 2 is 1.86 bits per heavy atom. The minimum Gasteiger partial charge on any atom is -0.359 e. The zero-order valence-corrected chi connectivity index (χ0v) is 19.4. The van der Waals surface area contributed by atoms with Gasteiger partial charge in [0.1, 0.15) is 5.82 Å². The summed E-state index contributed by atoms with van der Waals surface area (Å²) in [5.74, 6) is 1.05. The van der Waals surface area contributed by atoms with Crippen LogP contribution >= 0.6 is 0 Å². The number of imidazole rings is 1. The van der Waals surface area contributed by atoms with E-state index < -0.39 is 11.9 Å². The van der Waals surface area contributed by atoms with E-state index in [2.05, 4.69) is 15.2 Å². The van der Waals surface area contributed by atoms with Crippen LogP contribution in [0, 0.1) is 13.8 Å². The lowest BCUT2D eigenvalue weighted by Gasteiger charge is -2.30. The molecule has 35 heavy (non-hydrogen) atoms. The molecule has 0 radical (unpaired) electrons. The lowest BCUT2D eigenvalue weighted by atomic mass is 9.88. The third-order valence-corrected chi connectivity index (χ3v) is 6.15. The number of aromatic nitrogens is 5. The van der Waals surface area contributed by atoms with E-state index in [0.717, 1.165) is 10.5 Å². The second kappa shape index (κ2) is 8.40. The Morgan fingerprint density at radius 1 is 1.09 bits per heavy atom. The number of benzene rings is 1. The Balaban J connectivity index is 1.62. The summed E-state index contributed by atoms with van der Waals surface area (Å²) >= 11 is 0. The van der Waals surface area contributed by atoms with Gasteiger partial charge in [-0.05, 0) is 49.1 Å². The molecule has 1 amide bonds. The molecule has 1 aromatic carbocycles. The van der Waals surface area contributed by atoms with Gasteiger partial charge in [0.25, 0.3) is 5.91 Å². The normalized spacial score (nSPS) is 14.0. The molecule has 0 unspecified atom stereocenters. The molecule has 182 valence electrons. The molecule has 0 bridgehead atoms. The van der Waals surface area contributed by atoms with Crippen molar-refractivity contribution in [3.8, 4) is 11.1 Å². The van der Waals surface area contributed by atoms with E-state index in [1.165, 1.54) is 13.2 Å². The van der Waals surface area contributed by atoms with Crippen LogP contribution in [0.15, 0.2) is 41.3 Å². The highest BCUT2D eigenvalue weighted by Gasteiger charge is 2.39. The van der Waals surface area contributed by atoms with Crippen LogP contribution in [0.25, 0.3) is 11.1 Å². The predicted octanol–water partition coefficient (Wildman–Crippen LogP) is 4.15. The van der Waals surface area contributed by atoms with Crippen LogP contribution in [-0.4, -0.2) is 41.8 Å². The van der Waals surface area contributed by atoms with E-state index >= 15 is 0 Å². The van der Waals surface area contributed by atoms with Crippen LogP contribution < -0.4 is 0 Å². The molecule has 0 saturated carbocycles. The minimum atomic E-state index is -4.63. The first-order valence-electron chi connectivity index (χ1n) is 11.1. The van der Waals surface area contributed by atoms with Crippen molar-refractivity contribution in [2.24, 2.45) is 7.05 Å². The molecule has 8 nitrogen and oxygen atoms in total. The molecule has 11 heteroatoms. The van der Waals surface area contributed by atoms with E-state index in [-0.39, 0.29) is 18.0 Å². The number of hydrogen-bond acceptors (Lipinski definition) is 5. The lowest BCUT2D eigenvalue weighted by molar-refractivity contribution is -0.140. The summed E-state index contributed by atoms with van der Waals surface area (Å²) in [6, 6.07) is 5.26. The summed E-state index contributed by atoms with van der Waals surface area (Å²) in [6.07, 6.45) is 0.581. The van der Waals surface area contributed by atoms with Crippen LogP contribution in [0.2, 0.25) is 0 Å². The van der Waals surface area contributed by atoms with E-state index in [4.69, 9.17) is 4.52 Å². The van der Waals surface area contributed by atoms with Gasteiger partial charge in [0, 0.05) is 55.9 Å². The first kappa shape index (κ1) is 22.9. The number of hydrogen-bond donors (Lipinski definition) is 0. The minimum absolute atomic E-state index is 0.0347. The average Bonchev–Trinajstić information content (AvgIpc) is 3.50. The second-order valence-electron chi connectivity index (χ2n) is 8.75. The molecular formula is C24H23F3N6O2. The van der Waals surface area contributed by atoms with Crippen LogP contribution in [0.5, 0.6) is 0 Å². The van der Waals surface area contributed by atoms with Gasteiger partial charge >= 0.3 is 6.18 Å². The molecule has 1 aliphatic heterocycles. The van der Waals surface area contributed by atoms with Gasteiger partial charge in [-0.2, -0.15) is 18.3 Å². The zero-order chi connectivity index (χ0) is 24.9. The number of aryl methyl sites for hydroxylation is 3. The summed E-state index contributed by atoms with van der Waals surface area (Å²) in [4.78, 5) is 19.4. The number of halogens is 3. The lowest BCUT2D eigenvalue weighted by Crippen LogP contribution is -2.37. The Kier molecular flexibility index (Phi) is 5.49. The van der Waals surface area contributed by atoms with Crippen molar-refractivity contribution in [2.45, 2.75) is 39.5 Å². The maximum Gasteiger partial charge on any atom is 0.435 e. The topological polar surface area (TPSA) is 82.0 Å². The van der Waals surface area contributed by atoms with Gasteiger partial charge in [0.15, 0.2) is 11.5 Å². The number of nitrogens with zero attached hydrogens (tertiary/aromatic N) is 6. The van der Waals surface area contributed by atoms with Gasteiger partial charge in [-0.3, -0.25) is 9.48 Å². The summed E-state index contributed by atoms with van der Waals surface area (Å²) in [5, 5.41) is 7.55. The van der Waals surface area contributed by atoms with Gasteiger partial charge in [-0.15, -0.1) is 0 Å². The first-order chi connectivity index (χ1) is 16.6. The van der Waals surface area contributed by atoms with Crippen molar-refractivity contribution in [2.75, 3.05) is 6.54 Å². The largest absolute Gasteiger partial charge is 0.435 e. The van der Waals surface area contributed by atoms with Crippen molar-refractivity contribution in [3.63, 3.8) is 0 Å². The second-order valence-corrected chi connectivity index (χ2v) is 8.75. The van der Waals surface area contributed by atoms with Crippen molar-refractivity contribution < 1.29 is 22.5 Å². The number of alkyl halides is 3. The molecule has 3 aromatic heterocycles. The monoisotopic (exact) mass is 484 g/mol. The smallest absolute Gasteiger partial charge is 0.359 e. The summed E-state index contributed by atoms with van der Waals surface area (Å²) in [5.41, 5.74) is 1.75. The van der Waals surface area contributed by atoms with Crippen LogP contribution in [0.4, 0.5) is 13.2 Å². The molecule has 0 aliphatic carbocycles. The molecule has 4 heterocycles. The highest BCUT2D eigenvalue weighted by Crippen LogP contribution is 2.40. The quantitative estimate of drug-likeness (QED) is 0.425. The molecule has 4 aromatic rings. The van der Waals surface area contributed by atoms with E-state index in [0.29, 0.717) is 53.2 Å². The number of amides is 1. The number of fused-ring (bicyclic) bond motifs is 1. The van der Waals surface area contributed by atoms with E-state index in [1.54, 1.807) is 42.4 Å². The van der Waals surface area contributed by atoms with Crippen LogP contribution in [0.3, 0.4) is 0 Å².